The number of hydrogen-bond donors (Lipinski definition) is 0. The van der Waals surface area contributed by atoms with Crippen LogP contribution in [0.1, 0.15) is 572 Å². The monoisotopic (exact) mass is 1280 g/mol. The summed E-state index contributed by atoms with van der Waals surface area (Å²) in [6.07, 6.45) is 133. The van der Waals surface area contributed by atoms with Gasteiger partial charge in [-0.2, -0.15) is 0 Å². The van der Waals surface area contributed by atoms with Crippen molar-refractivity contribution in [3.05, 3.63) is 12.7 Å². The number of allylic oxidation sites excluding steroid dienone is 1. The highest BCUT2D eigenvalue weighted by atomic mass is 14.1. The van der Waals surface area contributed by atoms with Gasteiger partial charge in [-0.05, 0) is 12.8 Å². The van der Waals surface area contributed by atoms with Crippen molar-refractivity contribution in [2.75, 3.05) is 0 Å². The highest BCUT2D eigenvalue weighted by Crippen LogP contribution is 2.23. The summed E-state index contributed by atoms with van der Waals surface area (Å²) in [4.78, 5) is 0. The summed E-state index contributed by atoms with van der Waals surface area (Å²) in [5, 5.41) is 0. The van der Waals surface area contributed by atoms with Gasteiger partial charge in [-0.1, -0.05) is 565 Å². The van der Waals surface area contributed by atoms with E-state index in [4.69, 9.17) is 0 Å². The Balaban J connectivity index is 3.09. The van der Waals surface area contributed by atoms with E-state index in [-0.39, 0.29) is 0 Å². The molecule has 0 aliphatic carbocycles. The fourth-order valence-corrected chi connectivity index (χ4v) is 15.4. The van der Waals surface area contributed by atoms with Crippen molar-refractivity contribution in [2.45, 2.75) is 572 Å². The molecule has 0 atom stereocenters. The zero-order chi connectivity index (χ0) is 64.9. The molecule has 0 unspecified atom stereocenters. The maximum atomic E-state index is 3.83. The molecule has 0 spiro atoms. The molecule has 0 N–H and O–H groups in total. The van der Waals surface area contributed by atoms with Crippen LogP contribution in [-0.2, 0) is 0 Å². The van der Waals surface area contributed by atoms with E-state index in [0.29, 0.717) is 0 Å². The van der Waals surface area contributed by atoms with Gasteiger partial charge >= 0.3 is 0 Å². The highest BCUT2D eigenvalue weighted by molar-refractivity contribution is 4.65. The zero-order valence-electron chi connectivity index (χ0n) is 64.5. The van der Waals surface area contributed by atoms with Crippen LogP contribution < -0.4 is 0 Å². The van der Waals surface area contributed by atoms with Gasteiger partial charge in [0.25, 0.3) is 0 Å². The third-order valence-corrected chi connectivity index (χ3v) is 22.0. The molecule has 0 saturated heterocycles. The molecule has 0 aromatic carbocycles. The largest absolute Gasteiger partial charge is 0.103 e. The van der Waals surface area contributed by atoms with Gasteiger partial charge in [-0.3, -0.25) is 0 Å². The zero-order valence-corrected chi connectivity index (χ0v) is 64.5. The minimum atomic E-state index is 1.21. The van der Waals surface area contributed by atoms with E-state index in [0.717, 1.165) is 0 Å². The molecule has 0 heterocycles. The summed E-state index contributed by atoms with van der Waals surface area (Å²) in [5.74, 6) is 0. The van der Waals surface area contributed by atoms with Crippen LogP contribution in [0.4, 0.5) is 0 Å². The van der Waals surface area contributed by atoms with Gasteiger partial charge in [0.1, 0.15) is 0 Å². The van der Waals surface area contributed by atoms with Crippen molar-refractivity contribution < 1.29 is 0 Å². The van der Waals surface area contributed by atoms with Crippen molar-refractivity contribution in [3.63, 3.8) is 0 Å². The first-order valence-electron chi connectivity index (χ1n) is 45.0. The Kier molecular flexibility index (Phi) is 89.5. The molecule has 0 rings (SSSR count). The molecule has 0 bridgehead atoms. The van der Waals surface area contributed by atoms with Gasteiger partial charge in [-0.15, -0.1) is 6.58 Å². The van der Waals surface area contributed by atoms with Crippen LogP contribution in [0.3, 0.4) is 0 Å². The van der Waals surface area contributed by atoms with Crippen molar-refractivity contribution in [2.24, 2.45) is 0 Å². The first kappa shape index (κ1) is 90.7. The van der Waals surface area contributed by atoms with Crippen LogP contribution in [0.25, 0.3) is 0 Å². The van der Waals surface area contributed by atoms with Gasteiger partial charge in [0.2, 0.25) is 0 Å². The summed E-state index contributed by atoms with van der Waals surface area (Å²) in [6, 6.07) is 0. The Labute approximate surface area is 581 Å². The predicted octanol–water partition coefficient (Wildman–Crippen LogP) is 35.5. The quantitative estimate of drug-likeness (QED) is 0.0421. The summed E-state index contributed by atoms with van der Waals surface area (Å²) < 4.78 is 0. The second-order valence-electron chi connectivity index (χ2n) is 31.5. The molecule has 0 aromatic heterocycles. The fraction of sp³-hybridized carbons (Fsp3) is 0.978. The average Bonchev–Trinajstić information content (AvgIpc) is 3.56. The minimum absolute atomic E-state index is 1.21. The topological polar surface area (TPSA) is 0 Å². The highest BCUT2D eigenvalue weighted by Gasteiger charge is 2.03. The van der Waals surface area contributed by atoms with Crippen LogP contribution in [-0.4, -0.2) is 0 Å². The molecular formula is C91H182. The third-order valence-electron chi connectivity index (χ3n) is 22.0. The Bertz CT molecular complexity index is 1180. The SMILES string of the molecule is C=CCCCCCCCCCCCCCCCCCCCCCCCCCCCCCCCCCCCCCCCCCCCCCCCCCCCCCCCCCCCCCCCCCCCCCCCCCCCCCCCCCCCCCCCCC. The summed E-state index contributed by atoms with van der Waals surface area (Å²) in [5.41, 5.74) is 0. The number of rotatable bonds is 88. The van der Waals surface area contributed by atoms with E-state index in [1.54, 1.807) is 0 Å². The van der Waals surface area contributed by atoms with E-state index >= 15 is 0 Å². The average molecular weight is 1280 g/mol. The van der Waals surface area contributed by atoms with E-state index in [1.165, 1.54) is 565 Å². The van der Waals surface area contributed by atoms with Crippen molar-refractivity contribution in [3.8, 4) is 0 Å². The van der Waals surface area contributed by atoms with Crippen LogP contribution in [0.15, 0.2) is 12.7 Å². The Morgan fingerprint density at radius 2 is 0.176 bits per heavy atom. The number of hydrogen-bond acceptors (Lipinski definition) is 0. The predicted molar refractivity (Wildman–Crippen MR) is 422 cm³/mol. The minimum Gasteiger partial charge on any atom is -0.103 e. The van der Waals surface area contributed by atoms with Crippen molar-refractivity contribution in [1.82, 2.24) is 0 Å². The second-order valence-corrected chi connectivity index (χ2v) is 31.5. The summed E-state index contributed by atoms with van der Waals surface area (Å²) in [7, 11) is 0. The molecule has 0 aromatic rings. The smallest absolute Gasteiger partial charge is 0.0353 e. The molecular weight excluding hydrogens is 1090 g/mol. The van der Waals surface area contributed by atoms with Crippen molar-refractivity contribution >= 4 is 0 Å². The first-order valence-corrected chi connectivity index (χ1v) is 45.0. The van der Waals surface area contributed by atoms with Crippen molar-refractivity contribution in [1.29, 1.82) is 0 Å². The van der Waals surface area contributed by atoms with Gasteiger partial charge in [-0.25, -0.2) is 0 Å². The molecule has 0 fully saturated rings. The lowest BCUT2D eigenvalue weighted by molar-refractivity contribution is 0.505. The molecule has 0 aliphatic heterocycles. The van der Waals surface area contributed by atoms with E-state index in [2.05, 4.69) is 19.6 Å². The molecule has 91 heavy (non-hydrogen) atoms. The summed E-state index contributed by atoms with van der Waals surface area (Å²) >= 11 is 0. The standard InChI is InChI=1S/C91H182/c1-3-5-7-9-11-13-15-17-19-21-23-25-27-29-31-33-35-37-39-41-43-45-47-49-51-53-55-57-59-61-63-65-67-69-71-73-75-77-79-81-83-85-87-89-91-90-88-86-84-82-80-78-76-74-72-70-68-66-64-62-60-58-56-54-52-50-48-46-44-42-40-38-36-34-32-30-28-26-24-22-20-18-16-14-12-10-8-6-4-2/h3H,1,4-91H2,2H3. The summed E-state index contributed by atoms with van der Waals surface area (Å²) in [6.45, 7) is 6.14. The Morgan fingerprint density at radius 3 is 0.242 bits per heavy atom. The first-order chi connectivity index (χ1) is 45.4. The molecule has 0 nitrogen and oxygen atoms in total. The van der Waals surface area contributed by atoms with Gasteiger partial charge < -0.3 is 0 Å². The van der Waals surface area contributed by atoms with Gasteiger partial charge in [0.15, 0.2) is 0 Å². The van der Waals surface area contributed by atoms with Gasteiger partial charge in [0, 0.05) is 0 Å². The van der Waals surface area contributed by atoms with E-state index < -0.39 is 0 Å². The molecule has 0 aliphatic rings. The van der Waals surface area contributed by atoms with E-state index in [9.17, 15) is 0 Å². The van der Waals surface area contributed by atoms with E-state index in [1.807, 2.05) is 0 Å². The normalized spacial score (nSPS) is 11.7. The Morgan fingerprint density at radius 1 is 0.110 bits per heavy atom. The molecule has 0 heteroatoms. The van der Waals surface area contributed by atoms with Crippen LogP contribution in [0.5, 0.6) is 0 Å². The van der Waals surface area contributed by atoms with Crippen LogP contribution in [0.2, 0.25) is 0 Å². The lowest BCUT2D eigenvalue weighted by atomic mass is 10.0. The molecule has 0 saturated carbocycles. The molecule has 546 valence electrons. The fourth-order valence-electron chi connectivity index (χ4n) is 15.4. The molecule has 0 amide bonds. The third kappa shape index (κ3) is 89.7. The lowest BCUT2D eigenvalue weighted by Gasteiger charge is -2.05. The number of unbranched alkanes of at least 4 members (excludes halogenated alkanes) is 87. The maximum absolute atomic E-state index is 3.83. The Hall–Kier alpha value is -0.260. The van der Waals surface area contributed by atoms with Crippen LogP contribution in [0, 0.1) is 0 Å². The van der Waals surface area contributed by atoms with Crippen LogP contribution >= 0.6 is 0 Å². The molecule has 0 radical (unpaired) electrons. The van der Waals surface area contributed by atoms with Gasteiger partial charge in [0.05, 0.1) is 0 Å². The lowest BCUT2D eigenvalue weighted by Crippen LogP contribution is -1.85. The second kappa shape index (κ2) is 89.7. The maximum Gasteiger partial charge on any atom is -0.0353 e.